The molecule has 30 heavy (non-hydrogen) atoms. The smallest absolute Gasteiger partial charge is 0.119 e. The molecule has 4 rings (SSSR count). The molecule has 1 aliphatic heterocycles. The molecule has 1 saturated carbocycles. The number of rotatable bonds is 8. The van der Waals surface area contributed by atoms with Crippen LogP contribution in [0.2, 0.25) is 0 Å². The molecule has 0 radical (unpaired) electrons. The molecule has 2 aromatic rings. The molecule has 3 nitrogen and oxygen atoms in total. The highest BCUT2D eigenvalue weighted by atomic mass is 16.5. The van der Waals surface area contributed by atoms with Gasteiger partial charge in [0, 0.05) is 18.9 Å². The van der Waals surface area contributed by atoms with Gasteiger partial charge in [0.25, 0.3) is 0 Å². The standard InChI is InChI=1S/C27H37NO2/c29-27(17-6-2-7-18-27)26(22-28-19-8-3-9-20-28)24-12-14-25(15-13-24)30-21-16-23-10-4-1-5-11-23/h1,4-5,10-15,26,29H,2-3,6-9,16-22H2. The molecule has 0 bridgehead atoms. The van der Waals surface area contributed by atoms with Crippen LogP contribution >= 0.6 is 0 Å². The van der Waals surface area contributed by atoms with Crippen molar-refractivity contribution in [3.05, 3.63) is 65.7 Å². The van der Waals surface area contributed by atoms with E-state index >= 15 is 0 Å². The fourth-order valence-electron chi connectivity index (χ4n) is 5.23. The van der Waals surface area contributed by atoms with E-state index in [4.69, 9.17) is 4.74 Å². The van der Waals surface area contributed by atoms with Crippen molar-refractivity contribution in [1.29, 1.82) is 0 Å². The fraction of sp³-hybridized carbons (Fsp3) is 0.556. The summed E-state index contributed by atoms with van der Waals surface area (Å²) < 4.78 is 5.99. The summed E-state index contributed by atoms with van der Waals surface area (Å²) in [5.74, 6) is 1.11. The molecule has 0 aromatic heterocycles. The van der Waals surface area contributed by atoms with Crippen molar-refractivity contribution in [1.82, 2.24) is 4.90 Å². The fourth-order valence-corrected chi connectivity index (χ4v) is 5.23. The molecule has 0 spiro atoms. The number of aliphatic hydroxyl groups is 1. The first kappa shape index (κ1) is 21.4. The zero-order valence-electron chi connectivity index (χ0n) is 18.3. The molecular formula is C27H37NO2. The number of ether oxygens (including phenoxy) is 1. The number of piperidine rings is 1. The van der Waals surface area contributed by atoms with Crippen molar-refractivity contribution in [2.75, 3.05) is 26.2 Å². The van der Waals surface area contributed by atoms with E-state index in [9.17, 15) is 5.11 Å². The van der Waals surface area contributed by atoms with Crippen LogP contribution in [0, 0.1) is 0 Å². The Hall–Kier alpha value is -1.84. The van der Waals surface area contributed by atoms with Gasteiger partial charge in [-0.05, 0) is 62.0 Å². The highest BCUT2D eigenvalue weighted by Crippen LogP contribution is 2.41. The maximum Gasteiger partial charge on any atom is 0.119 e. The Bertz CT molecular complexity index is 746. The Morgan fingerprint density at radius 3 is 2.20 bits per heavy atom. The average molecular weight is 408 g/mol. The highest BCUT2D eigenvalue weighted by Gasteiger charge is 2.39. The maximum atomic E-state index is 11.6. The van der Waals surface area contributed by atoms with E-state index in [0.717, 1.165) is 44.4 Å². The average Bonchev–Trinajstić information content (AvgIpc) is 2.80. The maximum absolute atomic E-state index is 11.6. The van der Waals surface area contributed by atoms with Gasteiger partial charge in [-0.3, -0.25) is 0 Å². The van der Waals surface area contributed by atoms with Gasteiger partial charge in [-0.25, -0.2) is 0 Å². The van der Waals surface area contributed by atoms with Crippen LogP contribution in [0.4, 0.5) is 0 Å². The summed E-state index contributed by atoms with van der Waals surface area (Å²) in [5.41, 5.74) is 2.00. The molecule has 2 aliphatic rings. The van der Waals surface area contributed by atoms with Gasteiger partial charge in [0.05, 0.1) is 12.2 Å². The quantitative estimate of drug-likeness (QED) is 0.621. The molecule has 3 heteroatoms. The number of hydrogen-bond donors (Lipinski definition) is 1. The summed E-state index contributed by atoms with van der Waals surface area (Å²) in [6, 6.07) is 19.0. The van der Waals surface area contributed by atoms with E-state index in [-0.39, 0.29) is 5.92 Å². The lowest BCUT2D eigenvalue weighted by atomic mass is 9.72. The molecule has 2 fully saturated rings. The lowest BCUT2D eigenvalue weighted by Crippen LogP contribution is -2.45. The van der Waals surface area contributed by atoms with Crippen LogP contribution in [0.15, 0.2) is 54.6 Å². The summed E-state index contributed by atoms with van der Waals surface area (Å²) in [4.78, 5) is 2.57. The number of likely N-dealkylation sites (tertiary alicyclic amines) is 1. The van der Waals surface area contributed by atoms with E-state index in [2.05, 4.69) is 53.4 Å². The van der Waals surface area contributed by atoms with Gasteiger partial charge >= 0.3 is 0 Å². The second kappa shape index (κ2) is 10.5. The van der Waals surface area contributed by atoms with Crippen LogP contribution in [0.25, 0.3) is 0 Å². The molecule has 1 N–H and O–H groups in total. The second-order valence-corrected chi connectivity index (χ2v) is 9.23. The largest absolute Gasteiger partial charge is 0.493 e. The molecule has 1 aliphatic carbocycles. The van der Waals surface area contributed by atoms with E-state index in [1.54, 1.807) is 0 Å². The van der Waals surface area contributed by atoms with Crippen LogP contribution in [0.3, 0.4) is 0 Å². The molecule has 1 heterocycles. The van der Waals surface area contributed by atoms with Crippen LogP contribution < -0.4 is 4.74 Å². The number of hydrogen-bond acceptors (Lipinski definition) is 3. The van der Waals surface area contributed by atoms with Crippen molar-refractivity contribution in [2.24, 2.45) is 0 Å². The zero-order valence-corrected chi connectivity index (χ0v) is 18.3. The van der Waals surface area contributed by atoms with Crippen molar-refractivity contribution >= 4 is 0 Å². The van der Waals surface area contributed by atoms with E-state index < -0.39 is 5.60 Å². The summed E-state index contributed by atoms with van der Waals surface area (Å²) >= 11 is 0. The number of nitrogens with zero attached hydrogens (tertiary/aromatic N) is 1. The minimum absolute atomic E-state index is 0.189. The third kappa shape index (κ3) is 5.65. The van der Waals surface area contributed by atoms with Gasteiger partial charge < -0.3 is 14.7 Å². The Morgan fingerprint density at radius 1 is 0.833 bits per heavy atom. The van der Waals surface area contributed by atoms with Gasteiger partial charge in [-0.15, -0.1) is 0 Å². The SMILES string of the molecule is OC1(C(CN2CCCCC2)c2ccc(OCCc3ccccc3)cc2)CCCCC1. The molecule has 0 amide bonds. The van der Waals surface area contributed by atoms with Crippen LogP contribution in [-0.2, 0) is 6.42 Å². The van der Waals surface area contributed by atoms with Crippen LogP contribution in [0.1, 0.15) is 68.4 Å². The van der Waals surface area contributed by atoms with Crippen molar-refractivity contribution in [3.63, 3.8) is 0 Å². The third-order valence-electron chi connectivity index (χ3n) is 7.04. The van der Waals surface area contributed by atoms with E-state index in [1.165, 1.54) is 49.9 Å². The first-order chi connectivity index (χ1) is 14.7. The topological polar surface area (TPSA) is 32.7 Å². The molecule has 1 saturated heterocycles. The monoisotopic (exact) mass is 407 g/mol. The van der Waals surface area contributed by atoms with E-state index in [1.807, 2.05) is 6.07 Å². The molecular weight excluding hydrogens is 370 g/mol. The Balaban J connectivity index is 1.41. The summed E-state index contributed by atoms with van der Waals surface area (Å²) in [6.07, 6.45) is 10.3. The summed E-state index contributed by atoms with van der Waals surface area (Å²) in [7, 11) is 0. The van der Waals surface area contributed by atoms with Crippen molar-refractivity contribution < 1.29 is 9.84 Å². The Morgan fingerprint density at radius 2 is 1.50 bits per heavy atom. The molecule has 162 valence electrons. The Kier molecular flexibility index (Phi) is 7.46. The highest BCUT2D eigenvalue weighted by molar-refractivity contribution is 5.32. The first-order valence-corrected chi connectivity index (χ1v) is 11.9. The van der Waals surface area contributed by atoms with Crippen molar-refractivity contribution in [2.45, 2.75) is 69.3 Å². The van der Waals surface area contributed by atoms with Crippen LogP contribution in [-0.4, -0.2) is 41.8 Å². The normalized spacial score (nSPS) is 20.6. The van der Waals surface area contributed by atoms with Gasteiger partial charge in [-0.2, -0.15) is 0 Å². The number of benzene rings is 2. The molecule has 1 unspecified atom stereocenters. The zero-order chi connectivity index (χ0) is 20.7. The van der Waals surface area contributed by atoms with Gasteiger partial charge in [0.2, 0.25) is 0 Å². The Labute approximate surface area is 182 Å². The van der Waals surface area contributed by atoms with Crippen molar-refractivity contribution in [3.8, 4) is 5.75 Å². The third-order valence-corrected chi connectivity index (χ3v) is 7.04. The second-order valence-electron chi connectivity index (χ2n) is 9.23. The van der Waals surface area contributed by atoms with E-state index in [0.29, 0.717) is 6.61 Å². The minimum Gasteiger partial charge on any atom is -0.493 e. The predicted octanol–water partition coefficient (Wildman–Crippen LogP) is 5.57. The minimum atomic E-state index is -0.564. The molecule has 2 aromatic carbocycles. The predicted molar refractivity (Wildman–Crippen MR) is 123 cm³/mol. The summed E-state index contributed by atoms with van der Waals surface area (Å²) in [5, 5.41) is 11.6. The van der Waals surface area contributed by atoms with Crippen LogP contribution in [0.5, 0.6) is 5.75 Å². The lowest BCUT2D eigenvalue weighted by molar-refractivity contribution is -0.0321. The molecule has 1 atom stereocenters. The van der Waals surface area contributed by atoms with Gasteiger partial charge in [0.1, 0.15) is 5.75 Å². The first-order valence-electron chi connectivity index (χ1n) is 11.9. The lowest BCUT2D eigenvalue weighted by Gasteiger charge is -2.42. The summed E-state index contributed by atoms with van der Waals surface area (Å²) in [6.45, 7) is 4.01. The van der Waals surface area contributed by atoms with Gasteiger partial charge in [-0.1, -0.05) is 68.1 Å². The van der Waals surface area contributed by atoms with Gasteiger partial charge in [0.15, 0.2) is 0 Å².